The van der Waals surface area contributed by atoms with E-state index in [0.29, 0.717) is 0 Å². The third-order valence-electron chi connectivity index (χ3n) is 4.00. The van der Waals surface area contributed by atoms with Crippen LogP contribution in [0.25, 0.3) is 16.3 Å². The molecule has 1 heterocycles. The van der Waals surface area contributed by atoms with Crippen molar-refractivity contribution in [3.8, 4) is 22.0 Å². The van der Waals surface area contributed by atoms with E-state index < -0.39 is 0 Å². The lowest BCUT2D eigenvalue weighted by atomic mass is 10.2. The smallest absolute Gasteiger partial charge is 0.304 e. The highest BCUT2D eigenvalue weighted by molar-refractivity contribution is 9.10. The Hall–Kier alpha value is -2.41. The van der Waals surface area contributed by atoms with Crippen molar-refractivity contribution in [3.05, 3.63) is 83.3 Å². The number of benzene rings is 3. The van der Waals surface area contributed by atoms with Crippen molar-refractivity contribution in [3.63, 3.8) is 0 Å². The van der Waals surface area contributed by atoms with Crippen LogP contribution in [0.2, 0.25) is 0 Å². The molecule has 28 heavy (non-hydrogen) atoms. The zero-order valence-corrected chi connectivity index (χ0v) is 18.1. The Morgan fingerprint density at radius 3 is 2.29 bits per heavy atom. The van der Waals surface area contributed by atoms with Gasteiger partial charge in [0.1, 0.15) is 5.75 Å². The molecule has 142 valence electrons. The third-order valence-corrected chi connectivity index (χ3v) is 5.60. The number of halogens is 2. The molecule has 0 saturated carbocycles. The highest BCUT2D eigenvalue weighted by atomic mass is 79.9. The second-order valence-electron chi connectivity index (χ2n) is 5.80. The second kappa shape index (κ2) is 9.19. The van der Waals surface area contributed by atoms with Crippen LogP contribution in [0.1, 0.15) is 0 Å². The van der Waals surface area contributed by atoms with Gasteiger partial charge in [-0.05, 0) is 62.3 Å². The van der Waals surface area contributed by atoms with Gasteiger partial charge in [0.15, 0.2) is 0 Å². The Kier molecular flexibility index (Phi) is 6.67. The summed E-state index contributed by atoms with van der Waals surface area (Å²) in [5, 5.41) is 10.0. The van der Waals surface area contributed by atoms with Gasteiger partial charge in [0.05, 0.1) is 17.1 Å². The first kappa shape index (κ1) is 20.3. The van der Waals surface area contributed by atoms with Gasteiger partial charge < -0.3 is 22.5 Å². The van der Waals surface area contributed by atoms with Crippen molar-refractivity contribution in [2.45, 2.75) is 0 Å². The molecule has 0 bridgehead atoms. The summed E-state index contributed by atoms with van der Waals surface area (Å²) in [4.78, 5) is 0. The molecule has 0 atom stereocenters. The average Bonchev–Trinajstić information content (AvgIpc) is 3.13. The SMILES string of the molecule is COc1ccc(-c2sc(Nc3ccccc3)n[n+]2-c2ccccc2)cc1Br.[Cl-]. The number of hydrogen-bond acceptors (Lipinski definition) is 4. The Bertz CT molecular complexity index is 1060. The number of anilines is 2. The van der Waals surface area contributed by atoms with E-state index in [0.717, 1.165) is 37.3 Å². The van der Waals surface area contributed by atoms with Gasteiger partial charge in [-0.1, -0.05) is 36.4 Å². The number of ether oxygens (including phenoxy) is 1. The van der Waals surface area contributed by atoms with Crippen molar-refractivity contribution in [2.75, 3.05) is 12.4 Å². The minimum atomic E-state index is 0. The fourth-order valence-corrected chi connectivity index (χ4v) is 4.20. The van der Waals surface area contributed by atoms with Gasteiger partial charge >= 0.3 is 5.01 Å². The molecule has 7 heteroatoms. The second-order valence-corrected chi connectivity index (χ2v) is 7.63. The molecule has 4 aromatic rings. The van der Waals surface area contributed by atoms with E-state index in [-0.39, 0.29) is 12.4 Å². The number of aromatic nitrogens is 2. The van der Waals surface area contributed by atoms with Crippen molar-refractivity contribution >= 4 is 38.1 Å². The number of nitrogens with one attached hydrogen (secondary N) is 1. The minimum absolute atomic E-state index is 0. The number of methoxy groups -OCH3 is 1. The Morgan fingerprint density at radius 2 is 1.64 bits per heavy atom. The molecule has 1 aromatic heterocycles. The van der Waals surface area contributed by atoms with E-state index in [2.05, 4.69) is 27.3 Å². The van der Waals surface area contributed by atoms with E-state index in [1.54, 1.807) is 18.4 Å². The molecular weight excluding hydrogens is 458 g/mol. The minimum Gasteiger partial charge on any atom is -1.00 e. The standard InChI is InChI=1S/C21H17BrN3OS.ClH/c1-26-19-13-12-15(14-18(19)22)20-25(17-10-6-3-7-11-17)24-21(27-20)23-16-8-4-2-5-9-16;/h2-14H,1H3,(H,23,24);1H/q+1;/p-1. The summed E-state index contributed by atoms with van der Waals surface area (Å²) >= 11 is 5.18. The molecular formula is C21H17BrClN3OS. The predicted molar refractivity (Wildman–Crippen MR) is 113 cm³/mol. The van der Waals surface area contributed by atoms with Crippen LogP contribution >= 0.6 is 27.3 Å². The van der Waals surface area contributed by atoms with E-state index in [4.69, 9.17) is 9.84 Å². The highest BCUT2D eigenvalue weighted by Gasteiger charge is 2.25. The van der Waals surface area contributed by atoms with Crippen LogP contribution in [0.15, 0.2) is 83.3 Å². The first-order valence-electron chi connectivity index (χ1n) is 8.39. The lowest BCUT2D eigenvalue weighted by Gasteiger charge is -2.03. The third kappa shape index (κ3) is 4.35. The topological polar surface area (TPSA) is 38.0 Å². The molecule has 0 fully saturated rings. The summed E-state index contributed by atoms with van der Waals surface area (Å²) < 4.78 is 8.23. The van der Waals surface area contributed by atoms with Gasteiger partial charge in [-0.25, -0.2) is 0 Å². The first-order chi connectivity index (χ1) is 13.2. The van der Waals surface area contributed by atoms with Crippen LogP contribution in [-0.4, -0.2) is 12.2 Å². The number of para-hydroxylation sites is 2. The van der Waals surface area contributed by atoms with Crippen LogP contribution in [0.5, 0.6) is 5.75 Å². The summed E-state index contributed by atoms with van der Waals surface area (Å²) in [6.45, 7) is 0. The number of hydrogen-bond donors (Lipinski definition) is 1. The summed E-state index contributed by atoms with van der Waals surface area (Å²) in [5.41, 5.74) is 3.08. The van der Waals surface area contributed by atoms with Gasteiger partial charge in [0.2, 0.25) is 5.69 Å². The largest absolute Gasteiger partial charge is 1.00 e. The van der Waals surface area contributed by atoms with E-state index in [1.807, 2.05) is 77.5 Å². The lowest BCUT2D eigenvalue weighted by Crippen LogP contribution is -3.00. The molecule has 0 saturated heterocycles. The number of rotatable bonds is 5. The molecule has 4 rings (SSSR count). The predicted octanol–water partition coefficient (Wildman–Crippen LogP) is 2.61. The van der Waals surface area contributed by atoms with Gasteiger partial charge in [0.25, 0.3) is 5.13 Å². The van der Waals surface area contributed by atoms with Crippen LogP contribution < -0.4 is 27.1 Å². The zero-order valence-electron chi connectivity index (χ0n) is 15.0. The average molecular weight is 475 g/mol. The first-order valence-corrected chi connectivity index (χ1v) is 10.00. The van der Waals surface area contributed by atoms with E-state index in [1.165, 1.54) is 0 Å². The van der Waals surface area contributed by atoms with Crippen LogP contribution in [0, 0.1) is 0 Å². The molecule has 0 unspecified atom stereocenters. The Morgan fingerprint density at radius 1 is 0.964 bits per heavy atom. The van der Waals surface area contributed by atoms with Gasteiger partial charge in [-0.2, -0.15) is 0 Å². The van der Waals surface area contributed by atoms with Gasteiger partial charge in [-0.3, -0.25) is 0 Å². The van der Waals surface area contributed by atoms with Crippen molar-refractivity contribution in [1.82, 2.24) is 5.10 Å². The normalized spacial score (nSPS) is 10.2. The maximum absolute atomic E-state index is 5.36. The van der Waals surface area contributed by atoms with Crippen molar-refractivity contribution in [2.24, 2.45) is 0 Å². The van der Waals surface area contributed by atoms with Gasteiger partial charge in [-0.15, -0.1) is 0 Å². The summed E-state index contributed by atoms with van der Waals surface area (Å²) in [6.07, 6.45) is 0. The van der Waals surface area contributed by atoms with Crippen LogP contribution in [0.4, 0.5) is 10.8 Å². The summed E-state index contributed by atoms with van der Waals surface area (Å²) in [5.74, 6) is 0.803. The maximum atomic E-state index is 5.36. The van der Waals surface area contributed by atoms with Crippen molar-refractivity contribution in [1.29, 1.82) is 0 Å². The fraction of sp³-hybridized carbons (Fsp3) is 0.0476. The zero-order chi connectivity index (χ0) is 18.6. The monoisotopic (exact) mass is 473 g/mol. The Labute approximate surface area is 182 Å². The molecule has 1 N–H and O–H groups in total. The van der Waals surface area contributed by atoms with Gasteiger partial charge in [0, 0.05) is 22.9 Å². The Balaban J connectivity index is 0.00000225. The van der Waals surface area contributed by atoms with E-state index in [9.17, 15) is 0 Å². The highest BCUT2D eigenvalue weighted by Crippen LogP contribution is 2.33. The molecule has 4 nitrogen and oxygen atoms in total. The summed E-state index contributed by atoms with van der Waals surface area (Å²) in [7, 11) is 1.67. The quantitative estimate of drug-likeness (QED) is 0.452. The van der Waals surface area contributed by atoms with Crippen LogP contribution in [0.3, 0.4) is 0 Å². The fourth-order valence-electron chi connectivity index (χ4n) is 2.71. The molecule has 0 aliphatic rings. The molecule has 0 aliphatic heterocycles. The van der Waals surface area contributed by atoms with E-state index >= 15 is 0 Å². The molecule has 0 radical (unpaired) electrons. The maximum Gasteiger partial charge on any atom is 0.304 e. The van der Waals surface area contributed by atoms with Crippen LogP contribution in [-0.2, 0) is 0 Å². The molecule has 0 amide bonds. The molecule has 3 aromatic carbocycles. The molecule has 0 spiro atoms. The lowest BCUT2D eigenvalue weighted by molar-refractivity contribution is -0.642. The number of nitrogens with zero attached hydrogens (tertiary/aromatic N) is 2. The van der Waals surface area contributed by atoms with Crippen molar-refractivity contribution < 1.29 is 21.8 Å². The summed E-state index contributed by atoms with van der Waals surface area (Å²) in [6, 6.07) is 26.2. The molecule has 0 aliphatic carbocycles.